The first-order chi connectivity index (χ1) is 11.5. The van der Waals surface area contributed by atoms with Crippen LogP contribution in [0.4, 0.5) is 4.79 Å². The number of nitrogens with zero attached hydrogens (tertiary/aromatic N) is 2. The first-order valence-corrected chi connectivity index (χ1v) is 9.76. The number of hydrogen-bond donors (Lipinski definition) is 1. The van der Waals surface area contributed by atoms with Gasteiger partial charge < -0.3 is 15.1 Å². The summed E-state index contributed by atoms with van der Waals surface area (Å²) >= 11 is 1.71. The normalized spacial score (nSPS) is 24.2. The molecular weight excluding hydrogens is 322 g/mol. The van der Waals surface area contributed by atoms with Crippen LogP contribution >= 0.6 is 11.3 Å². The lowest BCUT2D eigenvalue weighted by atomic mass is 9.78. The largest absolute Gasteiger partial charge is 0.340 e. The Morgan fingerprint density at radius 2 is 2.21 bits per heavy atom. The van der Waals surface area contributed by atoms with E-state index >= 15 is 0 Å². The van der Waals surface area contributed by atoms with Gasteiger partial charge in [-0.25, -0.2) is 4.79 Å². The fourth-order valence-corrected chi connectivity index (χ4v) is 4.59. The van der Waals surface area contributed by atoms with E-state index in [0.29, 0.717) is 19.6 Å². The quantitative estimate of drug-likeness (QED) is 0.909. The molecule has 1 aromatic rings. The summed E-state index contributed by atoms with van der Waals surface area (Å²) in [5, 5.41) is 5.05. The van der Waals surface area contributed by atoms with Gasteiger partial charge in [-0.3, -0.25) is 4.79 Å². The molecule has 2 aliphatic rings. The molecule has 0 aliphatic carbocycles. The van der Waals surface area contributed by atoms with Crippen LogP contribution in [0.15, 0.2) is 17.5 Å². The van der Waals surface area contributed by atoms with Crippen molar-refractivity contribution in [2.24, 2.45) is 5.41 Å². The Kier molecular flexibility index (Phi) is 5.13. The van der Waals surface area contributed by atoms with Gasteiger partial charge in [-0.15, -0.1) is 11.3 Å². The minimum absolute atomic E-state index is 0.0297. The summed E-state index contributed by atoms with van der Waals surface area (Å²) < 4.78 is 0. The summed E-state index contributed by atoms with van der Waals surface area (Å²) in [5.41, 5.74) is -0.340. The lowest BCUT2D eigenvalue weighted by molar-refractivity contribution is -0.147. The highest BCUT2D eigenvalue weighted by molar-refractivity contribution is 7.09. The number of nitrogens with one attached hydrogen (secondary N) is 1. The van der Waals surface area contributed by atoms with Crippen LogP contribution < -0.4 is 5.32 Å². The van der Waals surface area contributed by atoms with Crippen LogP contribution in [0.2, 0.25) is 0 Å². The van der Waals surface area contributed by atoms with Crippen LogP contribution in [-0.2, 0) is 11.2 Å². The molecule has 1 spiro atoms. The molecule has 2 aliphatic heterocycles. The van der Waals surface area contributed by atoms with E-state index in [4.69, 9.17) is 0 Å². The molecule has 0 radical (unpaired) electrons. The molecule has 3 heterocycles. The highest BCUT2D eigenvalue weighted by Gasteiger charge is 2.49. The Morgan fingerprint density at radius 3 is 2.92 bits per heavy atom. The molecular formula is C18H27N3O2S. The molecule has 0 bridgehead atoms. The number of likely N-dealkylation sites (tertiary alicyclic amines) is 2. The first-order valence-electron chi connectivity index (χ1n) is 8.88. The van der Waals surface area contributed by atoms with E-state index in [1.807, 2.05) is 15.9 Å². The van der Waals surface area contributed by atoms with Crippen molar-refractivity contribution in [3.63, 3.8) is 0 Å². The Hall–Kier alpha value is -1.56. The lowest BCUT2D eigenvalue weighted by Gasteiger charge is -2.41. The Balaban J connectivity index is 1.54. The third-order valence-electron chi connectivity index (χ3n) is 5.26. The maximum absolute atomic E-state index is 12.9. The van der Waals surface area contributed by atoms with Crippen LogP contribution in [0.25, 0.3) is 0 Å². The molecule has 2 fully saturated rings. The number of carbonyl (C=O) groups is 2. The molecule has 5 nitrogen and oxygen atoms in total. The van der Waals surface area contributed by atoms with E-state index in [0.717, 1.165) is 32.2 Å². The molecule has 0 aromatic carbocycles. The second-order valence-electron chi connectivity index (χ2n) is 7.21. The smallest absolute Gasteiger partial charge is 0.317 e. The molecule has 1 aromatic heterocycles. The number of amides is 3. The Bertz CT molecular complexity index is 587. The van der Waals surface area contributed by atoms with Crippen molar-refractivity contribution in [1.29, 1.82) is 0 Å². The SMILES string of the molecule is CC(C)N1CCC[C@]2(CCN(C(=O)NCCc3cccs3)C2)C1=O. The van der Waals surface area contributed by atoms with Crippen LogP contribution in [0.1, 0.15) is 38.0 Å². The maximum atomic E-state index is 12.9. The zero-order valence-corrected chi connectivity index (χ0v) is 15.4. The minimum Gasteiger partial charge on any atom is -0.340 e. The molecule has 3 amide bonds. The summed E-state index contributed by atoms with van der Waals surface area (Å²) in [4.78, 5) is 30.4. The van der Waals surface area contributed by atoms with E-state index < -0.39 is 0 Å². The number of urea groups is 1. The minimum atomic E-state index is -0.340. The number of piperidine rings is 1. The van der Waals surface area contributed by atoms with Crippen molar-refractivity contribution in [3.05, 3.63) is 22.4 Å². The Labute approximate surface area is 148 Å². The molecule has 1 atom stereocenters. The van der Waals surface area contributed by atoms with Gasteiger partial charge in [0.05, 0.1) is 5.41 Å². The van der Waals surface area contributed by atoms with Crippen molar-refractivity contribution in [1.82, 2.24) is 15.1 Å². The molecule has 2 saturated heterocycles. The fourth-order valence-electron chi connectivity index (χ4n) is 3.88. The average molecular weight is 350 g/mol. The van der Waals surface area contributed by atoms with Gasteiger partial charge in [0.2, 0.25) is 5.91 Å². The van der Waals surface area contributed by atoms with Crippen LogP contribution in [0.3, 0.4) is 0 Å². The highest BCUT2D eigenvalue weighted by atomic mass is 32.1. The van der Waals surface area contributed by atoms with Crippen LogP contribution in [-0.4, -0.2) is 54.0 Å². The van der Waals surface area contributed by atoms with Gasteiger partial charge in [0, 0.05) is 37.1 Å². The first kappa shape index (κ1) is 17.3. The number of carbonyl (C=O) groups excluding carboxylic acids is 2. The second kappa shape index (κ2) is 7.13. The van der Waals surface area contributed by atoms with Gasteiger partial charge in [0.25, 0.3) is 0 Å². The van der Waals surface area contributed by atoms with Gasteiger partial charge in [-0.2, -0.15) is 0 Å². The highest BCUT2D eigenvalue weighted by Crippen LogP contribution is 2.40. The number of thiophene rings is 1. The summed E-state index contributed by atoms with van der Waals surface area (Å²) in [5.74, 6) is 0.248. The zero-order valence-electron chi connectivity index (χ0n) is 14.6. The monoisotopic (exact) mass is 349 g/mol. The molecule has 3 rings (SSSR count). The fraction of sp³-hybridized carbons (Fsp3) is 0.667. The van der Waals surface area contributed by atoms with Crippen molar-refractivity contribution in [2.75, 3.05) is 26.2 Å². The van der Waals surface area contributed by atoms with Gasteiger partial charge in [0.1, 0.15) is 0 Å². The maximum Gasteiger partial charge on any atom is 0.317 e. The van der Waals surface area contributed by atoms with Crippen molar-refractivity contribution in [2.45, 2.75) is 45.6 Å². The lowest BCUT2D eigenvalue weighted by Crippen LogP contribution is -2.53. The third-order valence-corrected chi connectivity index (χ3v) is 6.20. The standard InChI is InChI=1S/C18H27N3O2S/c1-14(2)21-10-4-7-18(16(21)22)8-11-20(13-18)17(23)19-9-6-15-5-3-12-24-15/h3,5,12,14H,4,6-11,13H2,1-2H3,(H,19,23)/t18-/m1/s1. The number of hydrogen-bond acceptors (Lipinski definition) is 3. The topological polar surface area (TPSA) is 52.6 Å². The predicted octanol–water partition coefficient (Wildman–Crippen LogP) is 2.72. The van der Waals surface area contributed by atoms with E-state index in [2.05, 4.69) is 30.6 Å². The Morgan fingerprint density at radius 1 is 1.38 bits per heavy atom. The summed E-state index contributed by atoms with van der Waals surface area (Å²) in [7, 11) is 0. The molecule has 0 saturated carbocycles. The second-order valence-corrected chi connectivity index (χ2v) is 8.24. The molecule has 6 heteroatoms. The zero-order chi connectivity index (χ0) is 17.2. The molecule has 1 N–H and O–H groups in total. The van der Waals surface area contributed by atoms with Gasteiger partial charge in [-0.05, 0) is 51.0 Å². The molecule has 24 heavy (non-hydrogen) atoms. The van der Waals surface area contributed by atoms with Gasteiger partial charge in [0.15, 0.2) is 0 Å². The van der Waals surface area contributed by atoms with Crippen molar-refractivity contribution < 1.29 is 9.59 Å². The number of rotatable bonds is 4. The van der Waals surface area contributed by atoms with E-state index in [9.17, 15) is 9.59 Å². The van der Waals surface area contributed by atoms with E-state index in [1.54, 1.807) is 11.3 Å². The molecule has 132 valence electrons. The summed E-state index contributed by atoms with van der Waals surface area (Å²) in [6, 6.07) is 4.32. The van der Waals surface area contributed by atoms with Gasteiger partial charge in [-0.1, -0.05) is 6.07 Å². The predicted molar refractivity (Wildman–Crippen MR) is 96.1 cm³/mol. The average Bonchev–Trinajstić information content (AvgIpc) is 3.20. The molecule has 0 unspecified atom stereocenters. The van der Waals surface area contributed by atoms with E-state index in [1.165, 1.54) is 4.88 Å². The van der Waals surface area contributed by atoms with Crippen LogP contribution in [0, 0.1) is 5.41 Å². The van der Waals surface area contributed by atoms with E-state index in [-0.39, 0.29) is 23.4 Å². The van der Waals surface area contributed by atoms with Crippen LogP contribution in [0.5, 0.6) is 0 Å². The van der Waals surface area contributed by atoms with Gasteiger partial charge >= 0.3 is 6.03 Å². The third kappa shape index (κ3) is 3.43. The summed E-state index contributed by atoms with van der Waals surface area (Å²) in [6.07, 6.45) is 3.61. The summed E-state index contributed by atoms with van der Waals surface area (Å²) in [6.45, 7) is 6.89. The van der Waals surface area contributed by atoms with Crippen molar-refractivity contribution >= 4 is 23.3 Å². The van der Waals surface area contributed by atoms with Crippen molar-refractivity contribution in [3.8, 4) is 0 Å².